The second kappa shape index (κ2) is 7.26. The van der Waals surface area contributed by atoms with Crippen LogP contribution in [0.5, 0.6) is 5.75 Å². The van der Waals surface area contributed by atoms with Gasteiger partial charge >= 0.3 is 0 Å². The van der Waals surface area contributed by atoms with Gasteiger partial charge in [-0.15, -0.1) is 0 Å². The van der Waals surface area contributed by atoms with Crippen LogP contribution in [-0.4, -0.2) is 24.5 Å². The molecule has 0 bridgehead atoms. The van der Waals surface area contributed by atoms with Crippen molar-refractivity contribution in [2.45, 2.75) is 25.7 Å². The molecular formula is C15H20FN3O4. The lowest BCUT2D eigenvalue weighted by Crippen LogP contribution is -2.29. The summed E-state index contributed by atoms with van der Waals surface area (Å²) in [6.07, 6.45) is 3.12. The molecule has 0 radical (unpaired) electrons. The molecule has 0 heterocycles. The Balaban J connectivity index is 2.03. The van der Waals surface area contributed by atoms with Crippen LogP contribution < -0.4 is 15.8 Å². The molecule has 7 nitrogen and oxygen atoms in total. The van der Waals surface area contributed by atoms with Gasteiger partial charge in [-0.2, -0.15) is 0 Å². The van der Waals surface area contributed by atoms with Crippen molar-refractivity contribution in [3.05, 3.63) is 28.1 Å². The summed E-state index contributed by atoms with van der Waals surface area (Å²) in [5, 5.41) is 14.1. The highest BCUT2D eigenvalue weighted by Crippen LogP contribution is 2.33. The topological polar surface area (TPSA) is 107 Å². The third-order valence-electron chi connectivity index (χ3n) is 4.30. The molecule has 1 saturated carbocycles. The molecule has 0 atom stereocenters. The Morgan fingerprint density at radius 1 is 1.43 bits per heavy atom. The second-order valence-corrected chi connectivity index (χ2v) is 5.76. The van der Waals surface area contributed by atoms with E-state index in [1.807, 2.05) is 0 Å². The van der Waals surface area contributed by atoms with Crippen molar-refractivity contribution >= 4 is 17.3 Å². The monoisotopic (exact) mass is 325 g/mol. The number of amides is 1. The maximum absolute atomic E-state index is 13.6. The Kier molecular flexibility index (Phi) is 5.36. The number of nitrogens with zero attached hydrogens (tertiary/aromatic N) is 1. The van der Waals surface area contributed by atoms with Crippen molar-refractivity contribution in [3.8, 4) is 5.75 Å². The van der Waals surface area contributed by atoms with Crippen molar-refractivity contribution in [1.82, 2.24) is 0 Å². The number of nitrogens with one attached hydrogen (secondary N) is 1. The van der Waals surface area contributed by atoms with Gasteiger partial charge in [0.15, 0.2) is 11.6 Å². The van der Waals surface area contributed by atoms with Crippen LogP contribution in [0.3, 0.4) is 0 Å². The van der Waals surface area contributed by atoms with Crippen LogP contribution in [0.15, 0.2) is 12.1 Å². The molecular weight excluding hydrogens is 305 g/mol. The van der Waals surface area contributed by atoms with E-state index >= 15 is 0 Å². The quantitative estimate of drug-likeness (QED) is 0.617. The van der Waals surface area contributed by atoms with Crippen LogP contribution in [0.2, 0.25) is 0 Å². The van der Waals surface area contributed by atoms with E-state index in [0.29, 0.717) is 12.5 Å². The Morgan fingerprint density at radius 3 is 2.61 bits per heavy atom. The van der Waals surface area contributed by atoms with Crippen molar-refractivity contribution in [3.63, 3.8) is 0 Å². The highest BCUT2D eigenvalue weighted by Gasteiger charge is 2.25. The van der Waals surface area contributed by atoms with E-state index in [1.165, 1.54) is 13.2 Å². The summed E-state index contributed by atoms with van der Waals surface area (Å²) in [5.41, 5.74) is 5.20. The van der Waals surface area contributed by atoms with Gasteiger partial charge in [-0.1, -0.05) is 0 Å². The highest BCUT2D eigenvalue weighted by atomic mass is 19.1. The number of carbonyl (C=O) groups excluding carboxylic acids is 1. The third-order valence-corrected chi connectivity index (χ3v) is 4.30. The maximum Gasteiger partial charge on any atom is 0.295 e. The Labute approximate surface area is 133 Å². The van der Waals surface area contributed by atoms with E-state index < -0.39 is 10.7 Å². The number of nitrogens with two attached hydrogens (primary N) is 1. The minimum Gasteiger partial charge on any atom is -0.494 e. The molecule has 1 aliphatic carbocycles. The number of methoxy groups -OCH3 is 1. The molecule has 0 aliphatic heterocycles. The van der Waals surface area contributed by atoms with E-state index in [9.17, 15) is 19.3 Å². The summed E-state index contributed by atoms with van der Waals surface area (Å²) in [5.74, 6) is -0.870. The van der Waals surface area contributed by atoms with Gasteiger partial charge in [0.05, 0.1) is 18.1 Å². The van der Waals surface area contributed by atoms with Gasteiger partial charge in [-0.05, 0) is 31.6 Å². The molecule has 2 rings (SSSR count). The molecule has 1 amide bonds. The molecule has 3 N–H and O–H groups in total. The van der Waals surface area contributed by atoms with Crippen LogP contribution in [0.4, 0.5) is 15.8 Å². The average Bonchev–Trinajstić information content (AvgIpc) is 2.53. The van der Waals surface area contributed by atoms with Crippen molar-refractivity contribution in [2.24, 2.45) is 17.6 Å². The number of carbonyl (C=O) groups is 1. The van der Waals surface area contributed by atoms with Crippen LogP contribution in [0.1, 0.15) is 25.7 Å². The molecule has 126 valence electrons. The zero-order chi connectivity index (χ0) is 17.0. The molecule has 0 spiro atoms. The highest BCUT2D eigenvalue weighted by molar-refractivity contribution is 5.76. The van der Waals surface area contributed by atoms with E-state index in [0.717, 1.165) is 31.7 Å². The van der Waals surface area contributed by atoms with Gasteiger partial charge in [0.25, 0.3) is 5.69 Å². The van der Waals surface area contributed by atoms with Crippen molar-refractivity contribution in [2.75, 3.05) is 19.0 Å². The van der Waals surface area contributed by atoms with E-state index in [1.54, 1.807) is 0 Å². The summed E-state index contributed by atoms with van der Waals surface area (Å²) in [7, 11) is 1.30. The summed E-state index contributed by atoms with van der Waals surface area (Å²) >= 11 is 0. The lowest BCUT2D eigenvalue weighted by molar-refractivity contribution is -0.384. The fourth-order valence-corrected chi connectivity index (χ4v) is 2.90. The van der Waals surface area contributed by atoms with E-state index in [-0.39, 0.29) is 28.9 Å². The number of benzene rings is 1. The normalized spacial score (nSPS) is 20.8. The molecule has 8 heteroatoms. The van der Waals surface area contributed by atoms with Gasteiger partial charge in [0, 0.05) is 18.5 Å². The van der Waals surface area contributed by atoms with Crippen molar-refractivity contribution < 1.29 is 18.8 Å². The predicted molar refractivity (Wildman–Crippen MR) is 82.7 cm³/mol. The van der Waals surface area contributed by atoms with Crippen LogP contribution >= 0.6 is 0 Å². The van der Waals surface area contributed by atoms with E-state index in [4.69, 9.17) is 10.5 Å². The summed E-state index contributed by atoms with van der Waals surface area (Å²) in [6.45, 7) is 0.515. The Morgan fingerprint density at radius 2 is 2.09 bits per heavy atom. The van der Waals surface area contributed by atoms with Gasteiger partial charge < -0.3 is 15.8 Å². The van der Waals surface area contributed by atoms with Gasteiger partial charge in [0.2, 0.25) is 5.91 Å². The molecule has 1 aromatic rings. The smallest absolute Gasteiger partial charge is 0.295 e. The summed E-state index contributed by atoms with van der Waals surface area (Å²) in [6, 6.07) is 2.15. The molecule has 0 saturated heterocycles. The van der Waals surface area contributed by atoms with Crippen molar-refractivity contribution in [1.29, 1.82) is 0 Å². The van der Waals surface area contributed by atoms with Crippen LogP contribution in [0.25, 0.3) is 0 Å². The standard InChI is InChI=1S/C15H20FN3O4/c1-23-14-7-12(13(19(21)22)6-11(14)16)18-8-9-2-4-10(5-3-9)15(17)20/h6-7,9-10,18H,2-5,8H2,1H3,(H2,17,20). The fraction of sp³-hybridized carbons (Fsp3) is 0.533. The number of hydrogen-bond acceptors (Lipinski definition) is 5. The van der Waals surface area contributed by atoms with E-state index in [2.05, 4.69) is 5.32 Å². The molecule has 1 aliphatic rings. The number of rotatable bonds is 6. The molecule has 0 unspecified atom stereocenters. The zero-order valence-corrected chi connectivity index (χ0v) is 12.9. The number of primary amides is 1. The first-order chi connectivity index (χ1) is 10.9. The molecule has 0 aromatic heterocycles. The number of hydrogen-bond donors (Lipinski definition) is 2. The van der Waals surface area contributed by atoms with Crippen LogP contribution in [-0.2, 0) is 4.79 Å². The largest absolute Gasteiger partial charge is 0.494 e. The Bertz CT molecular complexity index is 601. The summed E-state index contributed by atoms with van der Waals surface area (Å²) in [4.78, 5) is 21.6. The maximum atomic E-state index is 13.6. The second-order valence-electron chi connectivity index (χ2n) is 5.76. The first-order valence-electron chi connectivity index (χ1n) is 7.47. The van der Waals surface area contributed by atoms with Crippen LogP contribution in [0, 0.1) is 27.8 Å². The minimum absolute atomic E-state index is 0.0458. The third kappa shape index (κ3) is 4.08. The minimum atomic E-state index is -0.772. The number of nitro groups is 1. The number of halogens is 1. The van der Waals surface area contributed by atoms with Gasteiger partial charge in [-0.3, -0.25) is 14.9 Å². The number of nitro benzene ring substituents is 1. The zero-order valence-electron chi connectivity index (χ0n) is 12.9. The fourth-order valence-electron chi connectivity index (χ4n) is 2.90. The lowest BCUT2D eigenvalue weighted by atomic mass is 9.81. The molecule has 23 heavy (non-hydrogen) atoms. The van der Waals surface area contributed by atoms with Gasteiger partial charge in [-0.25, -0.2) is 4.39 Å². The number of anilines is 1. The first kappa shape index (κ1) is 17.0. The molecule has 1 aromatic carbocycles. The SMILES string of the molecule is COc1cc(NCC2CCC(C(N)=O)CC2)c([N+](=O)[O-])cc1F. The predicted octanol–water partition coefficient (Wildman–Crippen LogP) is 2.45. The number of ether oxygens (including phenoxy) is 1. The van der Waals surface area contributed by atoms with Gasteiger partial charge in [0.1, 0.15) is 5.69 Å². The molecule has 1 fully saturated rings. The summed E-state index contributed by atoms with van der Waals surface area (Å²) < 4.78 is 18.5. The average molecular weight is 325 g/mol. The lowest BCUT2D eigenvalue weighted by Gasteiger charge is -2.27. The Hall–Kier alpha value is -2.38. The first-order valence-corrected chi connectivity index (χ1v) is 7.47.